The van der Waals surface area contributed by atoms with E-state index in [0.717, 1.165) is 24.7 Å². The summed E-state index contributed by atoms with van der Waals surface area (Å²) in [6, 6.07) is 12.8. The van der Waals surface area contributed by atoms with Crippen molar-refractivity contribution >= 4 is 5.82 Å². The Kier molecular flexibility index (Phi) is 3.20. The number of aromatic nitrogens is 2. The lowest BCUT2D eigenvalue weighted by Gasteiger charge is -2.25. The van der Waals surface area contributed by atoms with Gasteiger partial charge in [0.1, 0.15) is 11.6 Å². The molecule has 1 saturated heterocycles. The second-order valence-corrected chi connectivity index (χ2v) is 6.29. The summed E-state index contributed by atoms with van der Waals surface area (Å²) in [4.78, 5) is 11.1. The fourth-order valence-electron chi connectivity index (χ4n) is 3.17. The van der Waals surface area contributed by atoms with Crippen molar-refractivity contribution in [2.75, 3.05) is 18.0 Å². The zero-order valence-electron chi connectivity index (χ0n) is 12.4. The molecule has 1 aliphatic heterocycles. The predicted molar refractivity (Wildman–Crippen MR) is 81.9 cm³/mol. The number of aryl methyl sites for hydroxylation is 1. The molecule has 3 nitrogen and oxygen atoms in total. The average molecular weight is 267 g/mol. The number of hydrogen-bond donors (Lipinski definition) is 0. The molecule has 0 bridgehead atoms. The van der Waals surface area contributed by atoms with E-state index in [1.807, 2.05) is 19.2 Å². The SMILES string of the molecule is Cc1nccc(N2CC(c3ccccc3)C(C)(C)C2)n1. The van der Waals surface area contributed by atoms with Gasteiger partial charge >= 0.3 is 0 Å². The van der Waals surface area contributed by atoms with E-state index >= 15 is 0 Å². The minimum Gasteiger partial charge on any atom is -0.355 e. The van der Waals surface area contributed by atoms with Crippen molar-refractivity contribution in [3.8, 4) is 0 Å². The molecule has 3 rings (SSSR count). The molecule has 3 heteroatoms. The van der Waals surface area contributed by atoms with Crippen LogP contribution < -0.4 is 4.90 Å². The van der Waals surface area contributed by atoms with E-state index in [1.165, 1.54) is 5.56 Å². The van der Waals surface area contributed by atoms with Crippen LogP contribution in [0.2, 0.25) is 0 Å². The summed E-state index contributed by atoms with van der Waals surface area (Å²) < 4.78 is 0. The highest BCUT2D eigenvalue weighted by Crippen LogP contribution is 2.43. The fraction of sp³-hybridized carbons (Fsp3) is 0.412. The van der Waals surface area contributed by atoms with Gasteiger partial charge in [0.05, 0.1) is 0 Å². The van der Waals surface area contributed by atoms with Crippen molar-refractivity contribution in [3.05, 3.63) is 54.0 Å². The molecule has 0 radical (unpaired) electrons. The Bertz CT molecular complexity index is 592. The van der Waals surface area contributed by atoms with E-state index in [1.54, 1.807) is 0 Å². The Morgan fingerprint density at radius 1 is 1.15 bits per heavy atom. The van der Waals surface area contributed by atoms with Crippen LogP contribution in [0, 0.1) is 12.3 Å². The number of nitrogens with zero attached hydrogens (tertiary/aromatic N) is 3. The van der Waals surface area contributed by atoms with Gasteiger partial charge in [-0.3, -0.25) is 0 Å². The molecule has 2 heterocycles. The molecular formula is C17H21N3. The van der Waals surface area contributed by atoms with Crippen molar-refractivity contribution < 1.29 is 0 Å². The van der Waals surface area contributed by atoms with Crippen LogP contribution >= 0.6 is 0 Å². The van der Waals surface area contributed by atoms with Crippen LogP contribution in [0.5, 0.6) is 0 Å². The van der Waals surface area contributed by atoms with E-state index in [-0.39, 0.29) is 5.41 Å². The van der Waals surface area contributed by atoms with Crippen molar-refractivity contribution in [1.29, 1.82) is 0 Å². The van der Waals surface area contributed by atoms with Gasteiger partial charge in [0.15, 0.2) is 0 Å². The van der Waals surface area contributed by atoms with Crippen molar-refractivity contribution in [1.82, 2.24) is 9.97 Å². The Hall–Kier alpha value is -1.90. The van der Waals surface area contributed by atoms with Gasteiger partial charge in [-0.25, -0.2) is 9.97 Å². The Labute approximate surface area is 120 Å². The summed E-state index contributed by atoms with van der Waals surface area (Å²) in [7, 11) is 0. The normalized spacial score (nSPS) is 21.1. The highest BCUT2D eigenvalue weighted by Gasteiger charge is 2.40. The molecule has 1 aromatic carbocycles. The predicted octanol–water partition coefficient (Wildman–Crippen LogP) is 3.42. The second-order valence-electron chi connectivity index (χ2n) is 6.29. The third-order valence-electron chi connectivity index (χ3n) is 4.23. The first-order valence-electron chi connectivity index (χ1n) is 7.16. The quantitative estimate of drug-likeness (QED) is 0.835. The van der Waals surface area contributed by atoms with Crippen molar-refractivity contribution in [2.45, 2.75) is 26.7 Å². The summed E-state index contributed by atoms with van der Waals surface area (Å²) in [5, 5.41) is 0. The van der Waals surface area contributed by atoms with Crippen molar-refractivity contribution in [2.24, 2.45) is 5.41 Å². The maximum absolute atomic E-state index is 4.56. The highest BCUT2D eigenvalue weighted by molar-refractivity contribution is 5.42. The van der Waals surface area contributed by atoms with Gasteiger partial charge in [0, 0.05) is 25.2 Å². The van der Waals surface area contributed by atoms with Gasteiger partial charge < -0.3 is 4.90 Å². The summed E-state index contributed by atoms with van der Waals surface area (Å²) >= 11 is 0. The van der Waals surface area contributed by atoms with Crippen LogP contribution in [0.3, 0.4) is 0 Å². The van der Waals surface area contributed by atoms with Gasteiger partial charge in [-0.05, 0) is 24.0 Å². The largest absolute Gasteiger partial charge is 0.355 e. The van der Waals surface area contributed by atoms with E-state index < -0.39 is 0 Å². The maximum Gasteiger partial charge on any atom is 0.132 e. The molecule has 104 valence electrons. The number of rotatable bonds is 2. The monoisotopic (exact) mass is 267 g/mol. The van der Waals surface area contributed by atoms with Crippen LogP contribution in [0.1, 0.15) is 31.2 Å². The molecule has 1 aromatic heterocycles. The number of anilines is 1. The molecule has 0 spiro atoms. The van der Waals surface area contributed by atoms with Crippen LogP contribution in [0.4, 0.5) is 5.82 Å². The molecule has 0 amide bonds. The molecule has 1 fully saturated rings. The van der Waals surface area contributed by atoms with Gasteiger partial charge in [-0.2, -0.15) is 0 Å². The molecule has 0 saturated carbocycles. The first-order valence-corrected chi connectivity index (χ1v) is 7.16. The number of benzene rings is 1. The average Bonchev–Trinajstić information content (AvgIpc) is 2.76. The summed E-state index contributed by atoms with van der Waals surface area (Å²) in [6.45, 7) is 8.69. The molecular weight excluding hydrogens is 246 g/mol. The molecule has 0 aliphatic carbocycles. The zero-order chi connectivity index (χ0) is 14.2. The lowest BCUT2D eigenvalue weighted by molar-refractivity contribution is 0.365. The maximum atomic E-state index is 4.56. The molecule has 0 N–H and O–H groups in total. The third kappa shape index (κ3) is 2.40. The van der Waals surface area contributed by atoms with E-state index in [9.17, 15) is 0 Å². The minimum atomic E-state index is 0.250. The smallest absolute Gasteiger partial charge is 0.132 e. The van der Waals surface area contributed by atoms with E-state index in [4.69, 9.17) is 0 Å². The summed E-state index contributed by atoms with van der Waals surface area (Å²) in [5.41, 5.74) is 1.67. The molecule has 20 heavy (non-hydrogen) atoms. The van der Waals surface area contributed by atoms with Gasteiger partial charge in [0.2, 0.25) is 0 Å². The first kappa shape index (κ1) is 13.1. The zero-order valence-corrected chi connectivity index (χ0v) is 12.4. The lowest BCUT2D eigenvalue weighted by atomic mass is 9.78. The fourth-order valence-corrected chi connectivity index (χ4v) is 3.17. The van der Waals surface area contributed by atoms with Crippen LogP contribution in [-0.2, 0) is 0 Å². The third-order valence-corrected chi connectivity index (χ3v) is 4.23. The molecule has 2 aromatic rings. The van der Waals surface area contributed by atoms with E-state index in [0.29, 0.717) is 5.92 Å². The number of hydrogen-bond acceptors (Lipinski definition) is 3. The second kappa shape index (κ2) is 4.89. The summed E-state index contributed by atoms with van der Waals surface area (Å²) in [6.07, 6.45) is 1.85. The Morgan fingerprint density at radius 2 is 1.90 bits per heavy atom. The molecule has 1 atom stereocenters. The highest BCUT2D eigenvalue weighted by atomic mass is 15.2. The van der Waals surface area contributed by atoms with Gasteiger partial charge in [-0.1, -0.05) is 44.2 Å². The van der Waals surface area contributed by atoms with E-state index in [2.05, 4.69) is 59.0 Å². The van der Waals surface area contributed by atoms with Gasteiger partial charge in [-0.15, -0.1) is 0 Å². The molecule has 1 unspecified atom stereocenters. The van der Waals surface area contributed by atoms with Crippen LogP contribution in [0.25, 0.3) is 0 Å². The van der Waals surface area contributed by atoms with Crippen LogP contribution in [-0.4, -0.2) is 23.1 Å². The lowest BCUT2D eigenvalue weighted by Crippen LogP contribution is -2.24. The minimum absolute atomic E-state index is 0.250. The topological polar surface area (TPSA) is 29.0 Å². The first-order chi connectivity index (χ1) is 9.56. The van der Waals surface area contributed by atoms with Crippen LogP contribution in [0.15, 0.2) is 42.6 Å². The Balaban J connectivity index is 1.89. The molecule has 1 aliphatic rings. The summed E-state index contributed by atoms with van der Waals surface area (Å²) in [5.74, 6) is 2.42. The standard InChI is InChI=1S/C17H21N3/c1-13-18-10-9-16(19-13)20-11-15(17(2,3)12-20)14-7-5-4-6-8-14/h4-10,15H,11-12H2,1-3H3. The van der Waals surface area contributed by atoms with Crippen molar-refractivity contribution in [3.63, 3.8) is 0 Å². The Morgan fingerprint density at radius 3 is 2.60 bits per heavy atom. The van der Waals surface area contributed by atoms with Gasteiger partial charge in [0.25, 0.3) is 0 Å².